The summed E-state index contributed by atoms with van der Waals surface area (Å²) in [5, 5.41) is 15.2. The average molecular weight is 378 g/mol. The number of aryl methyl sites for hydroxylation is 1. The standard InChI is InChI=1S/C18H21Cl2N5/c1-2-16-17(20)18(25-12-24-16)23-8-7-14(9-21)11-22-10-13-3-5-15(19)6-4-13/h3-6,9,11-12,21-22H,2,7-8,10H2,1H3,(H,23,24,25)/b14-11-,21-9?. The van der Waals surface area contributed by atoms with Gasteiger partial charge in [-0.2, -0.15) is 0 Å². The van der Waals surface area contributed by atoms with Gasteiger partial charge in [0.15, 0.2) is 0 Å². The van der Waals surface area contributed by atoms with E-state index in [1.165, 1.54) is 12.5 Å². The van der Waals surface area contributed by atoms with Gasteiger partial charge in [0, 0.05) is 30.5 Å². The van der Waals surface area contributed by atoms with Gasteiger partial charge in [-0.25, -0.2) is 9.97 Å². The van der Waals surface area contributed by atoms with Crippen molar-refractivity contribution in [3.05, 3.63) is 63.7 Å². The Balaban J connectivity index is 1.83. The topological polar surface area (TPSA) is 73.7 Å². The molecule has 0 saturated carbocycles. The first-order valence-corrected chi connectivity index (χ1v) is 8.80. The molecule has 0 fully saturated rings. The van der Waals surface area contributed by atoms with Crippen molar-refractivity contribution < 1.29 is 0 Å². The Morgan fingerprint density at radius 1 is 1.20 bits per heavy atom. The second-order valence-electron chi connectivity index (χ2n) is 5.38. The number of halogens is 2. The molecule has 7 heteroatoms. The first kappa shape index (κ1) is 19.2. The van der Waals surface area contributed by atoms with Crippen LogP contribution in [0.5, 0.6) is 0 Å². The Hall–Kier alpha value is -2.11. The Kier molecular flexibility index (Phi) is 7.70. The van der Waals surface area contributed by atoms with E-state index in [0.29, 0.717) is 30.4 Å². The lowest BCUT2D eigenvalue weighted by molar-refractivity contribution is 0.855. The van der Waals surface area contributed by atoms with E-state index in [0.717, 1.165) is 28.3 Å². The highest BCUT2D eigenvalue weighted by molar-refractivity contribution is 6.33. The third-order valence-corrected chi connectivity index (χ3v) is 4.24. The summed E-state index contributed by atoms with van der Waals surface area (Å²) in [4.78, 5) is 8.30. The summed E-state index contributed by atoms with van der Waals surface area (Å²) in [6.07, 6.45) is 6.14. The summed E-state index contributed by atoms with van der Waals surface area (Å²) < 4.78 is 0. The molecule has 2 rings (SSSR count). The second-order valence-corrected chi connectivity index (χ2v) is 6.20. The monoisotopic (exact) mass is 377 g/mol. The van der Waals surface area contributed by atoms with Crippen molar-refractivity contribution in [2.75, 3.05) is 11.9 Å². The first-order valence-electron chi connectivity index (χ1n) is 8.04. The molecule has 0 bridgehead atoms. The van der Waals surface area contributed by atoms with Crippen molar-refractivity contribution in [2.45, 2.75) is 26.3 Å². The minimum absolute atomic E-state index is 0.561. The summed E-state index contributed by atoms with van der Waals surface area (Å²) in [6.45, 7) is 3.31. The largest absolute Gasteiger partial charge is 0.387 e. The summed E-state index contributed by atoms with van der Waals surface area (Å²) in [6, 6.07) is 7.66. The van der Waals surface area contributed by atoms with E-state index in [1.54, 1.807) is 0 Å². The zero-order valence-corrected chi connectivity index (χ0v) is 15.5. The van der Waals surface area contributed by atoms with E-state index in [1.807, 2.05) is 37.4 Å². The molecule has 0 saturated heterocycles. The van der Waals surface area contributed by atoms with Crippen molar-refractivity contribution in [3.8, 4) is 0 Å². The van der Waals surface area contributed by atoms with Crippen LogP contribution in [-0.4, -0.2) is 22.7 Å². The highest BCUT2D eigenvalue weighted by atomic mass is 35.5. The van der Waals surface area contributed by atoms with Crippen LogP contribution in [0.25, 0.3) is 0 Å². The van der Waals surface area contributed by atoms with Gasteiger partial charge in [0.05, 0.1) is 5.69 Å². The molecule has 0 aliphatic rings. The molecule has 1 aromatic heterocycles. The molecule has 0 atom stereocenters. The van der Waals surface area contributed by atoms with Crippen molar-refractivity contribution in [2.24, 2.45) is 0 Å². The maximum Gasteiger partial charge on any atom is 0.148 e. The molecule has 0 amide bonds. The van der Waals surface area contributed by atoms with Crippen LogP contribution in [0.15, 0.2) is 42.4 Å². The van der Waals surface area contributed by atoms with Crippen LogP contribution in [0.2, 0.25) is 10.0 Å². The minimum atomic E-state index is 0.561. The summed E-state index contributed by atoms with van der Waals surface area (Å²) in [5.74, 6) is 0.631. The lowest BCUT2D eigenvalue weighted by Crippen LogP contribution is -2.10. The van der Waals surface area contributed by atoms with Gasteiger partial charge in [-0.1, -0.05) is 42.3 Å². The quantitative estimate of drug-likeness (QED) is 0.563. The molecular formula is C18H21Cl2N5. The average Bonchev–Trinajstić information content (AvgIpc) is 2.63. The van der Waals surface area contributed by atoms with Crippen LogP contribution in [0.1, 0.15) is 24.6 Å². The smallest absolute Gasteiger partial charge is 0.148 e. The highest BCUT2D eigenvalue weighted by Crippen LogP contribution is 2.22. The lowest BCUT2D eigenvalue weighted by Gasteiger charge is -2.09. The Labute approximate surface area is 158 Å². The van der Waals surface area contributed by atoms with E-state index < -0.39 is 0 Å². The molecule has 0 spiro atoms. The van der Waals surface area contributed by atoms with Gasteiger partial charge in [-0.3, -0.25) is 0 Å². The Morgan fingerprint density at radius 2 is 1.96 bits per heavy atom. The highest BCUT2D eigenvalue weighted by Gasteiger charge is 2.07. The van der Waals surface area contributed by atoms with Gasteiger partial charge < -0.3 is 16.0 Å². The number of benzene rings is 1. The normalized spacial score (nSPS) is 11.2. The lowest BCUT2D eigenvalue weighted by atomic mass is 10.2. The zero-order chi connectivity index (χ0) is 18.1. The molecule has 3 N–H and O–H groups in total. The van der Waals surface area contributed by atoms with E-state index >= 15 is 0 Å². The maximum atomic E-state index is 7.53. The van der Waals surface area contributed by atoms with Crippen LogP contribution in [0, 0.1) is 5.41 Å². The molecule has 0 aliphatic heterocycles. The predicted molar refractivity (Wildman–Crippen MR) is 105 cm³/mol. The molecule has 2 aromatic rings. The van der Waals surface area contributed by atoms with Gasteiger partial charge in [0.25, 0.3) is 0 Å². The number of anilines is 1. The van der Waals surface area contributed by atoms with Crippen molar-refractivity contribution in [3.63, 3.8) is 0 Å². The van der Waals surface area contributed by atoms with Crippen LogP contribution in [0.3, 0.4) is 0 Å². The van der Waals surface area contributed by atoms with Crippen LogP contribution in [0.4, 0.5) is 5.82 Å². The Bertz CT molecular complexity index is 729. The third-order valence-electron chi connectivity index (χ3n) is 3.59. The van der Waals surface area contributed by atoms with Gasteiger partial charge in [0.2, 0.25) is 0 Å². The molecule has 1 heterocycles. The van der Waals surface area contributed by atoms with Crippen LogP contribution in [-0.2, 0) is 13.0 Å². The summed E-state index contributed by atoms with van der Waals surface area (Å²) in [5.41, 5.74) is 2.83. The Morgan fingerprint density at radius 3 is 2.64 bits per heavy atom. The molecular weight excluding hydrogens is 357 g/mol. The first-order chi connectivity index (χ1) is 12.1. The zero-order valence-electron chi connectivity index (χ0n) is 14.0. The third kappa shape index (κ3) is 6.03. The number of rotatable bonds is 9. The van der Waals surface area contributed by atoms with E-state index in [-0.39, 0.29) is 0 Å². The number of hydrogen-bond acceptors (Lipinski definition) is 5. The SMILES string of the molecule is CCc1ncnc(NCC/C(C=N)=C/NCc2ccc(Cl)cc2)c1Cl. The fourth-order valence-electron chi connectivity index (χ4n) is 2.19. The molecule has 25 heavy (non-hydrogen) atoms. The van der Waals surface area contributed by atoms with E-state index in [2.05, 4.69) is 20.6 Å². The van der Waals surface area contributed by atoms with Gasteiger partial charge in [0.1, 0.15) is 17.2 Å². The number of hydrogen-bond donors (Lipinski definition) is 3. The van der Waals surface area contributed by atoms with E-state index in [9.17, 15) is 0 Å². The van der Waals surface area contributed by atoms with Gasteiger partial charge in [-0.15, -0.1) is 0 Å². The van der Waals surface area contributed by atoms with Crippen molar-refractivity contribution >= 4 is 35.2 Å². The number of aromatic nitrogens is 2. The molecule has 132 valence electrons. The number of nitrogens with zero attached hydrogens (tertiary/aromatic N) is 2. The maximum absolute atomic E-state index is 7.53. The van der Waals surface area contributed by atoms with Gasteiger partial charge >= 0.3 is 0 Å². The minimum Gasteiger partial charge on any atom is -0.387 e. The fraction of sp³-hybridized carbons (Fsp3) is 0.278. The molecule has 0 aliphatic carbocycles. The molecule has 0 unspecified atom stereocenters. The molecule has 5 nitrogen and oxygen atoms in total. The summed E-state index contributed by atoms with van der Waals surface area (Å²) in [7, 11) is 0. The number of nitrogens with one attached hydrogen (secondary N) is 3. The van der Waals surface area contributed by atoms with Crippen LogP contribution >= 0.6 is 23.2 Å². The predicted octanol–water partition coefficient (Wildman–Crippen LogP) is 4.47. The second kappa shape index (κ2) is 10.0. The van der Waals surface area contributed by atoms with Crippen molar-refractivity contribution in [1.82, 2.24) is 15.3 Å². The molecule has 0 radical (unpaired) electrons. The molecule has 1 aromatic carbocycles. The fourth-order valence-corrected chi connectivity index (χ4v) is 2.61. The van der Waals surface area contributed by atoms with Crippen molar-refractivity contribution in [1.29, 1.82) is 5.41 Å². The van der Waals surface area contributed by atoms with Gasteiger partial charge in [-0.05, 0) is 36.1 Å². The van der Waals surface area contributed by atoms with Crippen LogP contribution < -0.4 is 10.6 Å². The van der Waals surface area contributed by atoms with E-state index in [4.69, 9.17) is 28.6 Å². The summed E-state index contributed by atoms with van der Waals surface area (Å²) >= 11 is 12.1.